The van der Waals surface area contributed by atoms with Gasteiger partial charge < -0.3 is 11.1 Å². The van der Waals surface area contributed by atoms with Crippen LogP contribution in [0.5, 0.6) is 0 Å². The summed E-state index contributed by atoms with van der Waals surface area (Å²) in [5, 5.41) is 3.14. The van der Waals surface area contributed by atoms with Crippen LogP contribution in [0.25, 0.3) is 0 Å². The number of carbonyl (C=O) groups is 1. The summed E-state index contributed by atoms with van der Waals surface area (Å²) in [7, 11) is 0. The molecular weight excluding hydrogens is 224 g/mol. The van der Waals surface area contributed by atoms with Crippen molar-refractivity contribution in [1.82, 2.24) is 5.32 Å². The molecule has 1 aliphatic carbocycles. The van der Waals surface area contributed by atoms with Crippen molar-refractivity contribution >= 4 is 11.6 Å². The Balaban J connectivity index is 1.83. The van der Waals surface area contributed by atoms with Crippen LogP contribution >= 0.6 is 0 Å². The number of hydrogen-bond donors (Lipinski definition) is 2. The number of hydrogen-bond acceptors (Lipinski definition) is 2. The van der Waals surface area contributed by atoms with Gasteiger partial charge in [-0.15, -0.1) is 0 Å². The Morgan fingerprint density at radius 3 is 2.72 bits per heavy atom. The van der Waals surface area contributed by atoms with Crippen molar-refractivity contribution in [3.8, 4) is 0 Å². The van der Waals surface area contributed by atoms with Crippen molar-refractivity contribution in [3.05, 3.63) is 29.8 Å². The van der Waals surface area contributed by atoms with Crippen molar-refractivity contribution in [2.75, 3.05) is 5.73 Å². The van der Waals surface area contributed by atoms with E-state index in [0.717, 1.165) is 30.0 Å². The van der Waals surface area contributed by atoms with Gasteiger partial charge in [0.15, 0.2) is 0 Å². The average Bonchev–Trinajstić information content (AvgIpc) is 2.32. The first-order chi connectivity index (χ1) is 8.63. The predicted octanol–water partition coefficient (Wildman–Crippen LogP) is 2.51. The molecule has 0 radical (unpaired) electrons. The summed E-state index contributed by atoms with van der Waals surface area (Å²) in [6, 6.07) is 7.88. The molecule has 1 saturated carbocycles. The van der Waals surface area contributed by atoms with Gasteiger partial charge in [0.2, 0.25) is 5.91 Å². The largest absolute Gasteiger partial charge is 0.399 e. The number of benzene rings is 1. The molecule has 0 unspecified atom stereocenters. The van der Waals surface area contributed by atoms with E-state index in [0.29, 0.717) is 12.5 Å². The molecule has 3 N–H and O–H groups in total. The molecule has 3 nitrogen and oxygen atoms in total. The van der Waals surface area contributed by atoms with Gasteiger partial charge in [0.1, 0.15) is 0 Å². The van der Waals surface area contributed by atoms with Gasteiger partial charge in [-0.2, -0.15) is 0 Å². The Kier molecular flexibility index (Phi) is 4.24. The zero-order valence-corrected chi connectivity index (χ0v) is 11.0. The lowest BCUT2D eigenvalue weighted by Crippen LogP contribution is -2.38. The monoisotopic (exact) mass is 246 g/mol. The Hall–Kier alpha value is -1.51. The third kappa shape index (κ3) is 3.76. The molecule has 1 amide bonds. The van der Waals surface area contributed by atoms with E-state index >= 15 is 0 Å². The highest BCUT2D eigenvalue weighted by molar-refractivity contribution is 5.79. The second-order valence-corrected chi connectivity index (χ2v) is 5.45. The van der Waals surface area contributed by atoms with Gasteiger partial charge in [0.05, 0.1) is 6.42 Å². The third-order valence-electron chi connectivity index (χ3n) is 3.65. The van der Waals surface area contributed by atoms with Gasteiger partial charge in [-0.05, 0) is 36.5 Å². The molecule has 3 heteroatoms. The maximum Gasteiger partial charge on any atom is 0.224 e. The van der Waals surface area contributed by atoms with Crippen LogP contribution in [-0.4, -0.2) is 11.9 Å². The molecule has 18 heavy (non-hydrogen) atoms. The number of nitrogen functional groups attached to an aromatic ring is 1. The highest BCUT2D eigenvalue weighted by atomic mass is 16.1. The lowest BCUT2D eigenvalue weighted by molar-refractivity contribution is -0.121. The molecule has 98 valence electrons. The van der Waals surface area contributed by atoms with Crippen LogP contribution in [0.1, 0.15) is 38.2 Å². The zero-order chi connectivity index (χ0) is 13.0. The van der Waals surface area contributed by atoms with Crippen LogP contribution in [0.15, 0.2) is 24.3 Å². The highest BCUT2D eigenvalue weighted by Gasteiger charge is 2.20. The smallest absolute Gasteiger partial charge is 0.224 e. The molecule has 0 heterocycles. The number of amides is 1. The Morgan fingerprint density at radius 2 is 2.06 bits per heavy atom. The van der Waals surface area contributed by atoms with E-state index in [2.05, 4.69) is 12.2 Å². The standard InChI is InChI=1S/C15H22N2O/c1-11-3-2-4-14(9-11)17-15(18)10-12-5-7-13(16)8-6-12/h5-8,11,14H,2-4,9-10,16H2,1H3,(H,17,18)/t11-,14+/m1/s1. The SMILES string of the molecule is C[C@@H]1CCC[C@H](NC(=O)Cc2ccc(N)cc2)C1. The van der Waals surface area contributed by atoms with Crippen LogP contribution in [0.4, 0.5) is 5.69 Å². The summed E-state index contributed by atoms with van der Waals surface area (Å²) in [5.74, 6) is 0.861. The topological polar surface area (TPSA) is 55.1 Å². The van der Waals surface area contributed by atoms with Crippen molar-refractivity contribution in [2.45, 2.75) is 45.1 Å². The van der Waals surface area contributed by atoms with Gasteiger partial charge in [-0.1, -0.05) is 31.9 Å². The second-order valence-electron chi connectivity index (χ2n) is 5.45. The number of nitrogens with one attached hydrogen (secondary N) is 1. The summed E-state index contributed by atoms with van der Waals surface area (Å²) in [6.07, 6.45) is 5.22. The number of rotatable bonds is 3. The zero-order valence-electron chi connectivity index (χ0n) is 11.0. The van der Waals surface area contributed by atoms with Crippen LogP contribution < -0.4 is 11.1 Å². The fourth-order valence-corrected chi connectivity index (χ4v) is 2.66. The van der Waals surface area contributed by atoms with E-state index in [1.54, 1.807) is 0 Å². The minimum absolute atomic E-state index is 0.124. The van der Waals surface area contributed by atoms with E-state index in [9.17, 15) is 4.79 Å². The first kappa shape index (κ1) is 12.9. The first-order valence-corrected chi connectivity index (χ1v) is 6.77. The molecule has 0 spiro atoms. The lowest BCUT2D eigenvalue weighted by atomic mass is 9.87. The molecule has 0 aromatic heterocycles. The van der Waals surface area contributed by atoms with Crippen molar-refractivity contribution in [3.63, 3.8) is 0 Å². The Morgan fingerprint density at radius 1 is 1.33 bits per heavy atom. The number of nitrogens with two attached hydrogens (primary N) is 1. The van der Waals surface area contributed by atoms with Crippen molar-refractivity contribution in [1.29, 1.82) is 0 Å². The quantitative estimate of drug-likeness (QED) is 0.805. The van der Waals surface area contributed by atoms with Crippen LogP contribution in [0, 0.1) is 5.92 Å². The van der Waals surface area contributed by atoms with Gasteiger partial charge in [0.25, 0.3) is 0 Å². The molecule has 0 bridgehead atoms. The second kappa shape index (κ2) is 5.89. The van der Waals surface area contributed by atoms with Crippen LogP contribution in [-0.2, 0) is 11.2 Å². The van der Waals surface area contributed by atoms with E-state index in [-0.39, 0.29) is 5.91 Å². The predicted molar refractivity (Wildman–Crippen MR) is 74.1 cm³/mol. The molecule has 2 rings (SSSR count). The van der Waals surface area contributed by atoms with Crippen LogP contribution in [0.2, 0.25) is 0 Å². The molecule has 1 fully saturated rings. The van der Waals surface area contributed by atoms with Crippen molar-refractivity contribution in [2.24, 2.45) is 5.92 Å². The van der Waals surface area contributed by atoms with Gasteiger partial charge in [-0.25, -0.2) is 0 Å². The molecule has 1 aliphatic rings. The summed E-state index contributed by atoms with van der Waals surface area (Å²) < 4.78 is 0. The highest BCUT2D eigenvalue weighted by Crippen LogP contribution is 2.23. The molecule has 0 saturated heterocycles. The summed E-state index contributed by atoms with van der Waals surface area (Å²) in [5.41, 5.74) is 7.38. The normalized spacial score (nSPS) is 23.6. The Labute approximate surface area is 109 Å². The molecule has 1 aromatic carbocycles. The summed E-state index contributed by atoms with van der Waals surface area (Å²) in [4.78, 5) is 11.9. The maximum atomic E-state index is 11.9. The van der Waals surface area contributed by atoms with Gasteiger partial charge >= 0.3 is 0 Å². The minimum Gasteiger partial charge on any atom is -0.399 e. The van der Waals surface area contributed by atoms with Crippen LogP contribution in [0.3, 0.4) is 0 Å². The van der Waals surface area contributed by atoms with E-state index in [1.165, 1.54) is 12.8 Å². The maximum absolute atomic E-state index is 11.9. The summed E-state index contributed by atoms with van der Waals surface area (Å²) in [6.45, 7) is 2.26. The molecule has 0 aliphatic heterocycles. The molecule has 2 atom stereocenters. The molecule has 1 aromatic rings. The van der Waals surface area contributed by atoms with Gasteiger partial charge in [-0.3, -0.25) is 4.79 Å². The lowest BCUT2D eigenvalue weighted by Gasteiger charge is -2.27. The van der Waals surface area contributed by atoms with E-state index < -0.39 is 0 Å². The fraction of sp³-hybridized carbons (Fsp3) is 0.533. The third-order valence-corrected chi connectivity index (χ3v) is 3.65. The van der Waals surface area contributed by atoms with Gasteiger partial charge in [0, 0.05) is 11.7 Å². The van der Waals surface area contributed by atoms with E-state index in [4.69, 9.17) is 5.73 Å². The number of carbonyl (C=O) groups excluding carboxylic acids is 1. The van der Waals surface area contributed by atoms with E-state index in [1.807, 2.05) is 24.3 Å². The summed E-state index contributed by atoms with van der Waals surface area (Å²) >= 11 is 0. The first-order valence-electron chi connectivity index (χ1n) is 6.77. The average molecular weight is 246 g/mol. The number of anilines is 1. The fourth-order valence-electron chi connectivity index (χ4n) is 2.66. The minimum atomic E-state index is 0.124. The molecular formula is C15H22N2O. The van der Waals surface area contributed by atoms with Crippen molar-refractivity contribution < 1.29 is 4.79 Å². The Bertz CT molecular complexity index is 399.